The van der Waals surface area contributed by atoms with Crippen LogP contribution >= 0.6 is 11.3 Å². The van der Waals surface area contributed by atoms with Crippen molar-refractivity contribution >= 4 is 17.4 Å². The highest BCUT2D eigenvalue weighted by Gasteiger charge is 2.29. The third-order valence-corrected chi connectivity index (χ3v) is 4.74. The molecule has 3 N–H and O–H groups in total. The van der Waals surface area contributed by atoms with Crippen LogP contribution in [0.1, 0.15) is 49.7 Å². The van der Waals surface area contributed by atoms with Crippen molar-refractivity contribution in [1.29, 1.82) is 0 Å². The molecule has 112 valence electrons. The second-order valence-corrected chi connectivity index (χ2v) is 6.35. The SMILES string of the molecule is CCc1nc(CNC(=O)NCC2(O)CCCCC2)cs1. The van der Waals surface area contributed by atoms with Crippen LogP contribution in [-0.2, 0) is 13.0 Å². The first-order valence-electron chi connectivity index (χ1n) is 7.29. The Morgan fingerprint density at radius 2 is 2.15 bits per heavy atom. The van der Waals surface area contributed by atoms with E-state index in [1.165, 1.54) is 6.42 Å². The monoisotopic (exact) mass is 297 g/mol. The number of urea groups is 1. The molecule has 0 aromatic carbocycles. The van der Waals surface area contributed by atoms with Gasteiger partial charge in [-0.2, -0.15) is 0 Å². The summed E-state index contributed by atoms with van der Waals surface area (Å²) in [5.41, 5.74) is 0.171. The van der Waals surface area contributed by atoms with E-state index >= 15 is 0 Å². The van der Waals surface area contributed by atoms with E-state index in [2.05, 4.69) is 22.5 Å². The Kier molecular flexibility index (Phi) is 5.37. The van der Waals surface area contributed by atoms with E-state index in [0.29, 0.717) is 13.1 Å². The fraction of sp³-hybridized carbons (Fsp3) is 0.714. The van der Waals surface area contributed by atoms with Gasteiger partial charge in [-0.1, -0.05) is 26.2 Å². The highest BCUT2D eigenvalue weighted by Crippen LogP contribution is 2.27. The molecule has 1 saturated carbocycles. The molecule has 2 rings (SSSR count). The van der Waals surface area contributed by atoms with Gasteiger partial charge in [-0.05, 0) is 19.3 Å². The number of thiazole rings is 1. The summed E-state index contributed by atoms with van der Waals surface area (Å²) in [4.78, 5) is 16.1. The summed E-state index contributed by atoms with van der Waals surface area (Å²) < 4.78 is 0. The summed E-state index contributed by atoms with van der Waals surface area (Å²) >= 11 is 1.61. The Bertz CT molecular complexity index is 441. The number of rotatable bonds is 5. The van der Waals surface area contributed by atoms with Crippen molar-refractivity contribution in [3.8, 4) is 0 Å². The molecule has 1 heterocycles. The van der Waals surface area contributed by atoms with Crippen molar-refractivity contribution < 1.29 is 9.90 Å². The topological polar surface area (TPSA) is 74.2 Å². The Labute approximate surface area is 123 Å². The molecule has 5 nitrogen and oxygen atoms in total. The zero-order valence-corrected chi connectivity index (χ0v) is 12.8. The lowest BCUT2D eigenvalue weighted by atomic mass is 9.85. The summed E-state index contributed by atoms with van der Waals surface area (Å²) in [6.45, 7) is 2.82. The highest BCUT2D eigenvalue weighted by molar-refractivity contribution is 7.09. The zero-order chi connectivity index (χ0) is 14.4. The fourth-order valence-corrected chi connectivity index (χ4v) is 3.20. The molecule has 0 spiro atoms. The van der Waals surface area contributed by atoms with E-state index in [4.69, 9.17) is 0 Å². The second-order valence-electron chi connectivity index (χ2n) is 5.41. The number of nitrogens with one attached hydrogen (secondary N) is 2. The predicted molar refractivity (Wildman–Crippen MR) is 79.8 cm³/mol. The van der Waals surface area contributed by atoms with Crippen LogP contribution in [0.2, 0.25) is 0 Å². The molecule has 0 aliphatic heterocycles. The Morgan fingerprint density at radius 3 is 2.80 bits per heavy atom. The molecule has 0 atom stereocenters. The lowest BCUT2D eigenvalue weighted by Gasteiger charge is -2.32. The first-order valence-corrected chi connectivity index (χ1v) is 8.17. The molecular weight excluding hydrogens is 274 g/mol. The summed E-state index contributed by atoms with van der Waals surface area (Å²) in [7, 11) is 0. The first-order chi connectivity index (χ1) is 9.61. The van der Waals surface area contributed by atoms with Gasteiger partial charge in [0, 0.05) is 11.9 Å². The molecule has 1 aliphatic carbocycles. The van der Waals surface area contributed by atoms with Crippen LogP contribution in [-0.4, -0.2) is 28.3 Å². The number of aliphatic hydroxyl groups is 1. The van der Waals surface area contributed by atoms with Crippen molar-refractivity contribution in [2.45, 2.75) is 57.6 Å². The Hall–Kier alpha value is -1.14. The molecule has 1 aliphatic rings. The van der Waals surface area contributed by atoms with Crippen molar-refractivity contribution in [1.82, 2.24) is 15.6 Å². The maximum atomic E-state index is 11.7. The number of carbonyl (C=O) groups is 1. The normalized spacial score (nSPS) is 17.7. The third kappa shape index (κ3) is 4.45. The largest absolute Gasteiger partial charge is 0.388 e. The van der Waals surface area contributed by atoms with Gasteiger partial charge in [-0.3, -0.25) is 0 Å². The van der Waals surface area contributed by atoms with E-state index < -0.39 is 5.60 Å². The van der Waals surface area contributed by atoms with Gasteiger partial charge in [-0.15, -0.1) is 11.3 Å². The van der Waals surface area contributed by atoms with Crippen LogP contribution in [0, 0.1) is 0 Å². The van der Waals surface area contributed by atoms with Crippen LogP contribution < -0.4 is 10.6 Å². The van der Waals surface area contributed by atoms with Gasteiger partial charge < -0.3 is 15.7 Å². The molecule has 0 radical (unpaired) electrons. The lowest BCUT2D eigenvalue weighted by molar-refractivity contribution is 0.00719. The minimum absolute atomic E-state index is 0.241. The summed E-state index contributed by atoms with van der Waals surface area (Å²) in [5.74, 6) is 0. The molecule has 1 aromatic rings. The van der Waals surface area contributed by atoms with Gasteiger partial charge in [0.15, 0.2) is 0 Å². The van der Waals surface area contributed by atoms with Crippen molar-refractivity contribution in [2.75, 3.05) is 6.54 Å². The Balaban J connectivity index is 1.69. The average Bonchev–Trinajstić information content (AvgIpc) is 2.92. The molecule has 0 saturated heterocycles. The number of aryl methyl sites for hydroxylation is 1. The molecule has 1 fully saturated rings. The smallest absolute Gasteiger partial charge is 0.315 e. The number of hydrogen-bond acceptors (Lipinski definition) is 4. The van der Waals surface area contributed by atoms with Gasteiger partial charge in [0.2, 0.25) is 0 Å². The van der Waals surface area contributed by atoms with Gasteiger partial charge in [0.25, 0.3) is 0 Å². The molecule has 2 amide bonds. The Morgan fingerprint density at radius 1 is 1.40 bits per heavy atom. The molecule has 6 heteroatoms. The zero-order valence-electron chi connectivity index (χ0n) is 11.9. The minimum atomic E-state index is -0.717. The minimum Gasteiger partial charge on any atom is -0.388 e. The molecule has 0 unspecified atom stereocenters. The molecule has 0 bridgehead atoms. The van der Waals surface area contributed by atoms with Crippen molar-refractivity contribution in [2.24, 2.45) is 0 Å². The molecule has 1 aromatic heterocycles. The predicted octanol–water partition coefficient (Wildman–Crippen LogP) is 2.20. The van der Waals surface area contributed by atoms with Gasteiger partial charge in [-0.25, -0.2) is 9.78 Å². The quantitative estimate of drug-likeness (QED) is 0.780. The van der Waals surface area contributed by atoms with Crippen LogP contribution in [0.4, 0.5) is 4.79 Å². The van der Waals surface area contributed by atoms with Gasteiger partial charge in [0.05, 0.1) is 22.8 Å². The van der Waals surface area contributed by atoms with Crippen molar-refractivity contribution in [3.05, 3.63) is 16.1 Å². The third-order valence-electron chi connectivity index (χ3n) is 3.69. The van der Waals surface area contributed by atoms with Crippen LogP contribution in [0.15, 0.2) is 5.38 Å². The van der Waals surface area contributed by atoms with E-state index in [-0.39, 0.29) is 6.03 Å². The fourth-order valence-electron chi connectivity index (χ4n) is 2.46. The molecule has 20 heavy (non-hydrogen) atoms. The first kappa shape index (κ1) is 15.3. The van der Waals surface area contributed by atoms with Crippen LogP contribution in [0.25, 0.3) is 0 Å². The summed E-state index contributed by atoms with van der Waals surface area (Å²) in [6, 6.07) is -0.241. The van der Waals surface area contributed by atoms with Crippen LogP contribution in [0.3, 0.4) is 0 Å². The van der Waals surface area contributed by atoms with E-state index in [1.807, 2.05) is 5.38 Å². The lowest BCUT2D eigenvalue weighted by Crippen LogP contribution is -2.47. The number of carbonyl (C=O) groups excluding carboxylic acids is 1. The van der Waals surface area contributed by atoms with E-state index in [9.17, 15) is 9.90 Å². The average molecular weight is 297 g/mol. The van der Waals surface area contributed by atoms with E-state index in [1.54, 1.807) is 11.3 Å². The highest BCUT2D eigenvalue weighted by atomic mass is 32.1. The molecular formula is C14H23N3O2S. The number of nitrogens with zero attached hydrogens (tertiary/aromatic N) is 1. The number of amides is 2. The van der Waals surface area contributed by atoms with Gasteiger partial charge >= 0.3 is 6.03 Å². The van der Waals surface area contributed by atoms with E-state index in [0.717, 1.165) is 42.8 Å². The standard InChI is InChI=1S/C14H23N3O2S/c1-2-12-17-11(9-20-12)8-15-13(18)16-10-14(19)6-4-3-5-7-14/h9,19H,2-8,10H2,1H3,(H2,15,16,18). The summed E-state index contributed by atoms with van der Waals surface area (Å²) in [6.07, 6.45) is 5.73. The summed E-state index contributed by atoms with van der Waals surface area (Å²) in [5, 5.41) is 18.9. The maximum Gasteiger partial charge on any atom is 0.315 e. The van der Waals surface area contributed by atoms with Crippen molar-refractivity contribution in [3.63, 3.8) is 0 Å². The number of aromatic nitrogens is 1. The van der Waals surface area contributed by atoms with Crippen LogP contribution in [0.5, 0.6) is 0 Å². The van der Waals surface area contributed by atoms with Gasteiger partial charge in [0.1, 0.15) is 0 Å². The maximum absolute atomic E-state index is 11.7. The second kappa shape index (κ2) is 7.04. The number of hydrogen-bond donors (Lipinski definition) is 3.